The minimum absolute atomic E-state index is 0.0126. The van der Waals surface area contributed by atoms with E-state index in [1.54, 1.807) is 12.1 Å². The maximum atomic E-state index is 12.6. The van der Waals surface area contributed by atoms with Crippen molar-refractivity contribution < 1.29 is 4.79 Å². The van der Waals surface area contributed by atoms with E-state index in [9.17, 15) is 4.79 Å². The Balaban J connectivity index is 1.87. The summed E-state index contributed by atoms with van der Waals surface area (Å²) in [4.78, 5) is 14.5. The van der Waals surface area contributed by atoms with Crippen LogP contribution in [0.2, 0.25) is 5.02 Å². The number of benzene rings is 2. The summed E-state index contributed by atoms with van der Waals surface area (Å²) in [5, 5.41) is 3.99. The molecule has 1 atom stereocenters. The molecule has 1 amide bonds. The number of carbonyl (C=O) groups excluding carboxylic acids is 1. The number of hydrogen-bond donors (Lipinski definition) is 1. The Bertz CT molecular complexity index is 698. The molecule has 0 bridgehead atoms. The second kappa shape index (κ2) is 3.75. The highest BCUT2D eigenvalue weighted by Crippen LogP contribution is 2.38. The van der Waals surface area contributed by atoms with Gasteiger partial charge in [0.15, 0.2) is 0 Å². The highest BCUT2D eigenvalue weighted by Gasteiger charge is 2.38. The molecule has 3 nitrogen and oxygen atoms in total. The molecule has 2 aliphatic heterocycles. The number of carbonyl (C=O) groups is 1. The highest BCUT2D eigenvalue weighted by atomic mass is 35.5. The minimum Gasteiger partial charge on any atom is -0.364 e. The summed E-state index contributed by atoms with van der Waals surface area (Å²) in [6.45, 7) is 0. The molecule has 2 aromatic rings. The smallest absolute Gasteiger partial charge is 0.262 e. The topological polar surface area (TPSA) is 32.3 Å². The SMILES string of the molecule is O=C1c2cc(Cl)ccc2NC2Cc3ccccc3N12. The minimum atomic E-state index is 0.0126. The number of hydrogen-bond acceptors (Lipinski definition) is 2. The lowest BCUT2D eigenvalue weighted by molar-refractivity contribution is 0.0978. The summed E-state index contributed by atoms with van der Waals surface area (Å²) in [6.07, 6.45) is 0.850. The molecule has 19 heavy (non-hydrogen) atoms. The Hall–Kier alpha value is -2.00. The van der Waals surface area contributed by atoms with Crippen LogP contribution in [-0.4, -0.2) is 12.1 Å². The molecule has 2 heterocycles. The van der Waals surface area contributed by atoms with Gasteiger partial charge in [0.2, 0.25) is 0 Å². The van der Waals surface area contributed by atoms with Crippen LogP contribution in [0.5, 0.6) is 0 Å². The number of nitrogens with one attached hydrogen (secondary N) is 1. The van der Waals surface area contributed by atoms with Crippen LogP contribution in [0.1, 0.15) is 15.9 Å². The number of para-hydroxylation sites is 1. The predicted molar refractivity (Wildman–Crippen MR) is 75.8 cm³/mol. The highest BCUT2D eigenvalue weighted by molar-refractivity contribution is 6.31. The third-order valence-corrected chi connectivity index (χ3v) is 3.96. The first-order valence-electron chi connectivity index (χ1n) is 6.21. The van der Waals surface area contributed by atoms with Crippen LogP contribution < -0.4 is 10.2 Å². The molecule has 1 unspecified atom stereocenters. The molecular weight excluding hydrogens is 260 g/mol. The van der Waals surface area contributed by atoms with Crippen LogP contribution in [0.15, 0.2) is 42.5 Å². The van der Waals surface area contributed by atoms with Crippen molar-refractivity contribution in [1.82, 2.24) is 0 Å². The fourth-order valence-corrected chi connectivity index (χ4v) is 3.05. The molecule has 0 spiro atoms. The van der Waals surface area contributed by atoms with Crippen molar-refractivity contribution >= 4 is 28.9 Å². The third-order valence-electron chi connectivity index (χ3n) is 3.73. The van der Waals surface area contributed by atoms with Crippen molar-refractivity contribution in [2.24, 2.45) is 0 Å². The van der Waals surface area contributed by atoms with Crippen LogP contribution in [0, 0.1) is 0 Å². The fraction of sp³-hybridized carbons (Fsp3) is 0.133. The maximum Gasteiger partial charge on any atom is 0.262 e. The van der Waals surface area contributed by atoms with Gasteiger partial charge in [-0.25, -0.2) is 0 Å². The lowest BCUT2D eigenvalue weighted by atomic mass is 10.1. The molecule has 2 aliphatic rings. The Morgan fingerprint density at radius 2 is 2.05 bits per heavy atom. The van der Waals surface area contributed by atoms with Gasteiger partial charge in [-0.1, -0.05) is 29.8 Å². The van der Waals surface area contributed by atoms with Gasteiger partial charge in [-0.05, 0) is 29.8 Å². The van der Waals surface area contributed by atoms with Crippen molar-refractivity contribution in [3.05, 3.63) is 58.6 Å². The van der Waals surface area contributed by atoms with E-state index in [1.807, 2.05) is 29.2 Å². The molecule has 0 saturated carbocycles. The first-order chi connectivity index (χ1) is 9.24. The molecule has 4 heteroatoms. The monoisotopic (exact) mass is 270 g/mol. The van der Waals surface area contributed by atoms with Crippen molar-refractivity contribution in [2.75, 3.05) is 10.2 Å². The normalized spacial score (nSPS) is 19.5. The van der Waals surface area contributed by atoms with Crippen LogP contribution in [0.25, 0.3) is 0 Å². The average molecular weight is 271 g/mol. The molecule has 4 rings (SSSR count). The van der Waals surface area contributed by atoms with E-state index >= 15 is 0 Å². The lowest BCUT2D eigenvalue weighted by Crippen LogP contribution is -2.46. The Kier molecular flexibility index (Phi) is 2.15. The van der Waals surface area contributed by atoms with E-state index in [1.165, 1.54) is 5.56 Å². The van der Waals surface area contributed by atoms with Crippen molar-refractivity contribution in [2.45, 2.75) is 12.6 Å². The second-order valence-electron chi connectivity index (χ2n) is 4.86. The van der Waals surface area contributed by atoms with Gasteiger partial charge in [-0.15, -0.1) is 0 Å². The molecular formula is C15H11ClN2O. The van der Waals surface area contributed by atoms with Crippen LogP contribution in [-0.2, 0) is 6.42 Å². The largest absolute Gasteiger partial charge is 0.364 e. The van der Waals surface area contributed by atoms with E-state index < -0.39 is 0 Å². The van der Waals surface area contributed by atoms with Gasteiger partial charge < -0.3 is 5.32 Å². The van der Waals surface area contributed by atoms with Gasteiger partial charge in [0.05, 0.1) is 5.56 Å². The molecule has 0 fully saturated rings. The third kappa shape index (κ3) is 1.48. The van der Waals surface area contributed by atoms with Crippen LogP contribution in [0.4, 0.5) is 11.4 Å². The van der Waals surface area contributed by atoms with Gasteiger partial charge in [0, 0.05) is 22.8 Å². The van der Waals surface area contributed by atoms with Crippen LogP contribution in [0.3, 0.4) is 0 Å². The number of fused-ring (bicyclic) bond motifs is 4. The van der Waals surface area contributed by atoms with Crippen molar-refractivity contribution in [3.63, 3.8) is 0 Å². The number of rotatable bonds is 0. The molecule has 2 aromatic carbocycles. The predicted octanol–water partition coefficient (Wildman–Crippen LogP) is 3.29. The zero-order valence-electron chi connectivity index (χ0n) is 10.1. The first kappa shape index (κ1) is 10.9. The van der Waals surface area contributed by atoms with Gasteiger partial charge in [-0.3, -0.25) is 9.69 Å². The fourth-order valence-electron chi connectivity index (χ4n) is 2.88. The first-order valence-corrected chi connectivity index (χ1v) is 6.59. The van der Waals surface area contributed by atoms with Gasteiger partial charge >= 0.3 is 0 Å². The summed E-state index contributed by atoms with van der Waals surface area (Å²) in [6, 6.07) is 13.4. The molecule has 0 aliphatic carbocycles. The zero-order chi connectivity index (χ0) is 13.0. The summed E-state index contributed by atoms with van der Waals surface area (Å²) in [7, 11) is 0. The molecule has 94 valence electrons. The standard InChI is InChI=1S/C15H11ClN2O/c16-10-5-6-12-11(8-10)15(19)18-13-4-2-1-3-9(13)7-14(18)17-12/h1-6,8,14,17H,7H2. The van der Waals surface area contributed by atoms with E-state index in [0.717, 1.165) is 17.8 Å². The number of anilines is 2. The zero-order valence-corrected chi connectivity index (χ0v) is 10.8. The van der Waals surface area contributed by atoms with Crippen molar-refractivity contribution in [1.29, 1.82) is 0 Å². The number of nitrogens with zero attached hydrogens (tertiary/aromatic N) is 1. The Labute approximate surface area is 115 Å². The van der Waals surface area contributed by atoms with E-state index in [4.69, 9.17) is 11.6 Å². The van der Waals surface area contributed by atoms with Crippen LogP contribution >= 0.6 is 11.6 Å². The Morgan fingerprint density at radius 3 is 2.95 bits per heavy atom. The Morgan fingerprint density at radius 1 is 1.21 bits per heavy atom. The molecule has 0 aromatic heterocycles. The maximum absolute atomic E-state index is 12.6. The quantitative estimate of drug-likeness (QED) is 0.797. The van der Waals surface area contributed by atoms with E-state index in [0.29, 0.717) is 10.6 Å². The number of amides is 1. The molecule has 1 N–H and O–H groups in total. The van der Waals surface area contributed by atoms with E-state index in [-0.39, 0.29) is 12.1 Å². The van der Waals surface area contributed by atoms with Gasteiger partial charge in [0.25, 0.3) is 5.91 Å². The molecule has 0 saturated heterocycles. The van der Waals surface area contributed by atoms with Gasteiger partial charge in [0.1, 0.15) is 6.17 Å². The molecule has 0 radical (unpaired) electrons. The average Bonchev–Trinajstić information content (AvgIpc) is 2.78. The van der Waals surface area contributed by atoms with Gasteiger partial charge in [-0.2, -0.15) is 0 Å². The lowest BCUT2D eigenvalue weighted by Gasteiger charge is -2.33. The second-order valence-corrected chi connectivity index (χ2v) is 5.29. The summed E-state index contributed by atoms with van der Waals surface area (Å²) in [5.41, 5.74) is 3.70. The van der Waals surface area contributed by atoms with E-state index in [2.05, 4.69) is 11.4 Å². The van der Waals surface area contributed by atoms with Crippen molar-refractivity contribution in [3.8, 4) is 0 Å². The summed E-state index contributed by atoms with van der Waals surface area (Å²) < 4.78 is 0. The summed E-state index contributed by atoms with van der Waals surface area (Å²) >= 11 is 5.99. The summed E-state index contributed by atoms with van der Waals surface area (Å²) in [5.74, 6) is 0.0196. The number of halogens is 1.